The smallest absolute Gasteiger partial charge is 0.223 e. The Morgan fingerprint density at radius 1 is 1.35 bits per heavy atom. The number of hydrogen-bond donors (Lipinski definition) is 1. The molecule has 0 saturated heterocycles. The van der Waals surface area contributed by atoms with Gasteiger partial charge in [-0.05, 0) is 18.7 Å². The molecule has 4 heteroatoms. The average Bonchev–Trinajstić information content (AvgIpc) is 2.38. The van der Waals surface area contributed by atoms with Crippen LogP contribution in [0, 0.1) is 0 Å². The van der Waals surface area contributed by atoms with Crippen molar-refractivity contribution in [3.63, 3.8) is 0 Å². The van der Waals surface area contributed by atoms with Crippen LogP contribution in [0.2, 0.25) is 0 Å². The molecule has 0 aliphatic carbocycles. The van der Waals surface area contributed by atoms with Gasteiger partial charge in [0.1, 0.15) is 0 Å². The highest BCUT2D eigenvalue weighted by atomic mass is 32.2. The van der Waals surface area contributed by atoms with E-state index in [4.69, 9.17) is 0 Å². The summed E-state index contributed by atoms with van der Waals surface area (Å²) in [5, 5.41) is 4.46. The third kappa shape index (κ3) is 3.09. The summed E-state index contributed by atoms with van der Waals surface area (Å²) in [5.41, 5.74) is 0.990. The molecule has 2 rings (SSSR count). The molecule has 0 amide bonds. The Hall–Kier alpha value is -1.29. The van der Waals surface area contributed by atoms with Crippen molar-refractivity contribution in [2.75, 3.05) is 17.3 Å². The minimum Gasteiger partial charge on any atom is -0.351 e. The van der Waals surface area contributed by atoms with Crippen molar-refractivity contribution in [3.05, 3.63) is 30.5 Å². The summed E-state index contributed by atoms with van der Waals surface area (Å²) in [6, 6.07) is 8.47. The second-order valence-electron chi connectivity index (χ2n) is 3.96. The van der Waals surface area contributed by atoms with Crippen molar-refractivity contribution in [1.29, 1.82) is 0 Å². The van der Waals surface area contributed by atoms with Crippen LogP contribution in [-0.4, -0.2) is 28.0 Å². The monoisotopic (exact) mass is 247 g/mol. The molecule has 1 atom stereocenters. The molecule has 0 saturated carbocycles. The second kappa shape index (κ2) is 5.87. The molecule has 0 aliphatic heterocycles. The number of nitrogens with zero attached hydrogens (tertiary/aromatic N) is 2. The first-order chi connectivity index (χ1) is 8.33. The summed E-state index contributed by atoms with van der Waals surface area (Å²) < 4.78 is 0. The number of thioether (sulfide) groups is 1. The maximum Gasteiger partial charge on any atom is 0.223 e. The minimum absolute atomic E-state index is 0.436. The lowest BCUT2D eigenvalue weighted by Crippen LogP contribution is -2.22. The quantitative estimate of drug-likeness (QED) is 0.880. The largest absolute Gasteiger partial charge is 0.351 e. The van der Waals surface area contributed by atoms with Gasteiger partial charge >= 0.3 is 0 Å². The summed E-state index contributed by atoms with van der Waals surface area (Å²) in [6.45, 7) is 2.18. The normalized spacial score (nSPS) is 12.6. The predicted octanol–water partition coefficient (Wildman–Crippen LogP) is 3.18. The third-order valence-corrected chi connectivity index (χ3v) is 3.42. The van der Waals surface area contributed by atoms with Crippen molar-refractivity contribution in [3.8, 4) is 0 Å². The zero-order chi connectivity index (χ0) is 12.1. The van der Waals surface area contributed by atoms with E-state index in [-0.39, 0.29) is 0 Å². The Morgan fingerprint density at radius 3 is 2.94 bits per heavy atom. The van der Waals surface area contributed by atoms with E-state index in [0.29, 0.717) is 6.04 Å². The number of hydrogen-bond acceptors (Lipinski definition) is 4. The molecule has 90 valence electrons. The molecule has 1 heterocycles. The van der Waals surface area contributed by atoms with E-state index in [0.717, 1.165) is 29.0 Å². The first-order valence-electron chi connectivity index (χ1n) is 5.80. The van der Waals surface area contributed by atoms with Gasteiger partial charge in [0.05, 0.1) is 5.52 Å². The summed E-state index contributed by atoms with van der Waals surface area (Å²) in [7, 11) is 0. The van der Waals surface area contributed by atoms with Crippen LogP contribution in [0.4, 0.5) is 5.95 Å². The zero-order valence-corrected chi connectivity index (χ0v) is 11.0. The van der Waals surface area contributed by atoms with Crippen LogP contribution in [0.3, 0.4) is 0 Å². The van der Waals surface area contributed by atoms with Gasteiger partial charge in [0, 0.05) is 23.4 Å². The van der Waals surface area contributed by atoms with E-state index >= 15 is 0 Å². The van der Waals surface area contributed by atoms with Gasteiger partial charge in [-0.15, -0.1) is 0 Å². The van der Waals surface area contributed by atoms with Crippen LogP contribution < -0.4 is 5.32 Å². The molecule has 0 spiro atoms. The lowest BCUT2D eigenvalue weighted by molar-refractivity contribution is 0.764. The van der Waals surface area contributed by atoms with Gasteiger partial charge in [0.15, 0.2) is 0 Å². The summed E-state index contributed by atoms with van der Waals surface area (Å²) in [4.78, 5) is 8.86. The molecule has 17 heavy (non-hydrogen) atoms. The molecule has 1 aromatic carbocycles. The highest BCUT2D eigenvalue weighted by molar-refractivity contribution is 7.98. The van der Waals surface area contributed by atoms with Crippen molar-refractivity contribution < 1.29 is 0 Å². The maximum atomic E-state index is 4.51. The summed E-state index contributed by atoms with van der Waals surface area (Å²) in [6.07, 6.45) is 5.07. The fraction of sp³-hybridized carbons (Fsp3) is 0.385. The topological polar surface area (TPSA) is 37.8 Å². The van der Waals surface area contributed by atoms with Crippen molar-refractivity contribution in [2.45, 2.75) is 19.4 Å². The summed E-state index contributed by atoms with van der Waals surface area (Å²) in [5.74, 6) is 1.80. The van der Waals surface area contributed by atoms with E-state index in [1.165, 1.54) is 0 Å². The fourth-order valence-corrected chi connectivity index (χ4v) is 2.41. The van der Waals surface area contributed by atoms with E-state index in [1.54, 1.807) is 0 Å². The van der Waals surface area contributed by atoms with E-state index in [2.05, 4.69) is 28.5 Å². The van der Waals surface area contributed by atoms with Gasteiger partial charge in [-0.1, -0.05) is 25.1 Å². The van der Waals surface area contributed by atoms with Crippen molar-refractivity contribution in [1.82, 2.24) is 9.97 Å². The number of rotatable bonds is 5. The first kappa shape index (κ1) is 12.2. The van der Waals surface area contributed by atoms with Crippen molar-refractivity contribution in [2.24, 2.45) is 0 Å². The van der Waals surface area contributed by atoms with E-state index in [1.807, 2.05) is 42.2 Å². The number of nitrogens with one attached hydrogen (secondary N) is 1. The third-order valence-electron chi connectivity index (χ3n) is 2.68. The van der Waals surface area contributed by atoms with E-state index in [9.17, 15) is 0 Å². The average molecular weight is 247 g/mol. The van der Waals surface area contributed by atoms with Gasteiger partial charge in [-0.25, -0.2) is 9.97 Å². The Balaban J connectivity index is 2.18. The van der Waals surface area contributed by atoms with Crippen LogP contribution in [0.1, 0.15) is 13.3 Å². The number of para-hydroxylation sites is 1. The number of aromatic nitrogens is 2. The molecule has 0 fully saturated rings. The molecule has 1 N–H and O–H groups in total. The van der Waals surface area contributed by atoms with Crippen LogP contribution in [0.5, 0.6) is 0 Å². The Bertz CT molecular complexity index is 487. The highest BCUT2D eigenvalue weighted by Gasteiger charge is 2.07. The van der Waals surface area contributed by atoms with Crippen molar-refractivity contribution >= 4 is 28.6 Å². The van der Waals surface area contributed by atoms with E-state index < -0.39 is 0 Å². The van der Waals surface area contributed by atoms with Gasteiger partial charge < -0.3 is 5.32 Å². The highest BCUT2D eigenvalue weighted by Crippen LogP contribution is 2.13. The SMILES string of the molecule is CCC(CSC)Nc1ncc2ccccc2n1. The Morgan fingerprint density at radius 2 is 2.18 bits per heavy atom. The van der Waals surface area contributed by atoms with Crippen LogP contribution in [0.15, 0.2) is 30.5 Å². The number of fused-ring (bicyclic) bond motifs is 1. The first-order valence-corrected chi connectivity index (χ1v) is 7.20. The summed E-state index contributed by atoms with van der Waals surface area (Å²) >= 11 is 1.84. The van der Waals surface area contributed by atoms with Gasteiger partial charge in [-0.3, -0.25) is 0 Å². The standard InChI is InChI=1S/C13H17N3S/c1-3-11(9-17-2)15-13-14-8-10-6-4-5-7-12(10)16-13/h4-8,11H,3,9H2,1-2H3,(H,14,15,16). The van der Waals surface area contributed by atoms with Gasteiger partial charge in [-0.2, -0.15) is 11.8 Å². The molecule has 1 unspecified atom stereocenters. The molecule has 0 bridgehead atoms. The predicted molar refractivity (Wildman–Crippen MR) is 75.6 cm³/mol. The molecular weight excluding hydrogens is 230 g/mol. The van der Waals surface area contributed by atoms with Crippen LogP contribution in [0.25, 0.3) is 10.9 Å². The lowest BCUT2D eigenvalue weighted by atomic mass is 10.2. The lowest BCUT2D eigenvalue weighted by Gasteiger charge is -2.15. The Labute approximate surface area is 106 Å². The number of benzene rings is 1. The maximum absolute atomic E-state index is 4.51. The second-order valence-corrected chi connectivity index (χ2v) is 4.87. The molecule has 3 nitrogen and oxygen atoms in total. The molecule has 0 radical (unpaired) electrons. The van der Waals surface area contributed by atoms with Crippen LogP contribution in [-0.2, 0) is 0 Å². The fourth-order valence-electron chi connectivity index (χ4n) is 1.69. The number of anilines is 1. The van der Waals surface area contributed by atoms with Crippen LogP contribution >= 0.6 is 11.8 Å². The zero-order valence-electron chi connectivity index (χ0n) is 10.2. The molecule has 0 aliphatic rings. The van der Waals surface area contributed by atoms with Gasteiger partial charge in [0.2, 0.25) is 5.95 Å². The van der Waals surface area contributed by atoms with Gasteiger partial charge in [0.25, 0.3) is 0 Å². The molecular formula is C13H17N3S. The Kier molecular flexibility index (Phi) is 4.20. The molecule has 2 aromatic rings. The molecule has 1 aromatic heterocycles. The minimum atomic E-state index is 0.436.